The van der Waals surface area contributed by atoms with Crippen molar-refractivity contribution in [2.75, 3.05) is 5.32 Å². The molecule has 1 atom stereocenters. The van der Waals surface area contributed by atoms with Gasteiger partial charge in [-0.25, -0.2) is 9.38 Å². The van der Waals surface area contributed by atoms with Gasteiger partial charge in [-0.15, -0.1) is 0 Å². The van der Waals surface area contributed by atoms with Gasteiger partial charge >= 0.3 is 0 Å². The fourth-order valence-electron chi connectivity index (χ4n) is 3.99. The molecular weight excluding hydrogens is 449 g/mol. The summed E-state index contributed by atoms with van der Waals surface area (Å²) in [5.74, 6) is -0.651. The summed E-state index contributed by atoms with van der Waals surface area (Å²) in [7, 11) is 0. The molecule has 0 fully saturated rings. The van der Waals surface area contributed by atoms with E-state index < -0.39 is 6.04 Å². The molecule has 7 heteroatoms. The summed E-state index contributed by atoms with van der Waals surface area (Å²) in [6.45, 7) is 1.78. The molecule has 0 saturated heterocycles. The molecule has 0 saturated carbocycles. The van der Waals surface area contributed by atoms with Crippen LogP contribution in [-0.2, 0) is 4.79 Å². The van der Waals surface area contributed by atoms with Gasteiger partial charge in [-0.1, -0.05) is 72.0 Å². The number of fused-ring (bicyclic) bond motifs is 1. The molecule has 34 heavy (non-hydrogen) atoms. The molecule has 5 rings (SSSR count). The summed E-state index contributed by atoms with van der Waals surface area (Å²) in [4.78, 5) is 32.1. The van der Waals surface area contributed by atoms with Crippen molar-refractivity contribution in [2.45, 2.75) is 13.0 Å². The summed E-state index contributed by atoms with van der Waals surface area (Å²) >= 11 is 1.25. The van der Waals surface area contributed by atoms with Crippen molar-refractivity contribution in [3.63, 3.8) is 0 Å². The van der Waals surface area contributed by atoms with Gasteiger partial charge in [0.25, 0.3) is 11.5 Å². The van der Waals surface area contributed by atoms with Gasteiger partial charge in [0.1, 0.15) is 5.82 Å². The molecule has 2 heterocycles. The summed E-state index contributed by atoms with van der Waals surface area (Å²) in [5.41, 5.74) is 2.89. The SMILES string of the molecule is CC1=C(C(=O)Nc2ccccc2)[C@H](c2ccccc2)n2c(s/c(=C\c3ccc(F)cc3)c2=O)=N1. The second-order valence-corrected chi connectivity index (χ2v) is 8.87. The Morgan fingerprint density at radius 2 is 1.65 bits per heavy atom. The summed E-state index contributed by atoms with van der Waals surface area (Å²) in [6.07, 6.45) is 1.72. The molecule has 1 aromatic heterocycles. The number of amides is 1. The lowest BCUT2D eigenvalue weighted by atomic mass is 9.95. The molecule has 0 radical (unpaired) electrons. The molecule has 1 aliphatic heterocycles. The lowest BCUT2D eigenvalue weighted by Crippen LogP contribution is -2.40. The van der Waals surface area contributed by atoms with Crippen LogP contribution >= 0.6 is 11.3 Å². The number of aromatic nitrogens is 1. The quantitative estimate of drug-likeness (QED) is 0.491. The Morgan fingerprint density at radius 1 is 1.00 bits per heavy atom. The standard InChI is InChI=1S/C27H20FN3O2S/c1-17-23(25(32)30-21-10-6-3-7-11-21)24(19-8-4-2-5-9-19)31-26(33)22(34-27(31)29-17)16-18-12-14-20(28)15-13-18/h2-16,24H,1H3,(H,30,32)/b22-16-/t24-/m0/s1. The molecule has 3 aromatic carbocycles. The highest BCUT2D eigenvalue weighted by atomic mass is 32.1. The van der Waals surface area contributed by atoms with Crippen molar-refractivity contribution in [1.82, 2.24) is 4.57 Å². The van der Waals surface area contributed by atoms with Gasteiger partial charge in [-0.05, 0) is 48.4 Å². The van der Waals surface area contributed by atoms with Gasteiger partial charge < -0.3 is 5.32 Å². The number of thiazole rings is 1. The molecule has 1 N–H and O–H groups in total. The third kappa shape index (κ3) is 4.13. The zero-order chi connectivity index (χ0) is 23.7. The van der Waals surface area contributed by atoms with Crippen LogP contribution in [0.1, 0.15) is 24.1 Å². The number of para-hydroxylation sites is 1. The minimum absolute atomic E-state index is 0.251. The fourth-order valence-corrected chi connectivity index (χ4v) is 5.04. The Labute approximate surface area is 198 Å². The van der Waals surface area contributed by atoms with E-state index in [4.69, 9.17) is 0 Å². The van der Waals surface area contributed by atoms with Gasteiger partial charge in [0.15, 0.2) is 4.80 Å². The van der Waals surface area contributed by atoms with Gasteiger partial charge in [-0.2, -0.15) is 0 Å². The van der Waals surface area contributed by atoms with Crippen molar-refractivity contribution in [1.29, 1.82) is 0 Å². The number of nitrogens with zero attached hydrogens (tertiary/aromatic N) is 2. The molecule has 0 unspecified atom stereocenters. The molecule has 4 aromatic rings. The molecule has 0 bridgehead atoms. The topological polar surface area (TPSA) is 63.5 Å². The zero-order valence-corrected chi connectivity index (χ0v) is 19.1. The first-order valence-corrected chi connectivity index (χ1v) is 11.5. The van der Waals surface area contributed by atoms with E-state index in [1.54, 1.807) is 29.7 Å². The molecule has 168 valence electrons. The number of rotatable bonds is 4. The maximum atomic E-state index is 13.6. The van der Waals surface area contributed by atoms with E-state index in [0.717, 1.165) is 5.56 Å². The number of nitrogens with one attached hydrogen (secondary N) is 1. The van der Waals surface area contributed by atoms with Crippen molar-refractivity contribution in [2.24, 2.45) is 4.99 Å². The minimum atomic E-state index is -0.628. The van der Waals surface area contributed by atoms with Crippen molar-refractivity contribution in [3.8, 4) is 0 Å². The van der Waals surface area contributed by atoms with Gasteiger partial charge in [0.2, 0.25) is 0 Å². The Hall–Kier alpha value is -4.10. The van der Waals surface area contributed by atoms with E-state index in [2.05, 4.69) is 10.3 Å². The predicted octanol–water partition coefficient (Wildman–Crippen LogP) is 4.01. The summed E-state index contributed by atoms with van der Waals surface area (Å²) < 4.78 is 15.3. The number of hydrogen-bond acceptors (Lipinski definition) is 4. The minimum Gasteiger partial charge on any atom is -0.322 e. The molecule has 0 aliphatic carbocycles. The summed E-state index contributed by atoms with van der Waals surface area (Å²) in [5, 5.41) is 2.93. The van der Waals surface area contributed by atoms with E-state index in [-0.39, 0.29) is 17.3 Å². The second kappa shape index (κ2) is 9.03. The second-order valence-electron chi connectivity index (χ2n) is 7.86. The molecule has 0 spiro atoms. The molecule has 1 amide bonds. The Balaban J connectivity index is 1.66. The van der Waals surface area contributed by atoms with Crippen LogP contribution in [-0.4, -0.2) is 10.5 Å². The molecule has 1 aliphatic rings. The molecular formula is C27H20FN3O2S. The van der Waals surface area contributed by atoms with Crippen molar-refractivity contribution in [3.05, 3.63) is 133 Å². The summed E-state index contributed by atoms with van der Waals surface area (Å²) in [6, 6.07) is 23.9. The first-order chi connectivity index (χ1) is 16.5. The smallest absolute Gasteiger partial charge is 0.271 e. The first kappa shape index (κ1) is 21.7. The van der Waals surface area contributed by atoms with Crippen LogP contribution in [0.5, 0.6) is 0 Å². The van der Waals surface area contributed by atoms with Crippen LogP contribution < -0.4 is 20.2 Å². The maximum absolute atomic E-state index is 13.6. The highest BCUT2D eigenvalue weighted by molar-refractivity contribution is 7.07. The third-order valence-electron chi connectivity index (χ3n) is 5.58. The van der Waals surface area contributed by atoms with E-state index in [1.165, 1.54) is 23.5 Å². The average Bonchev–Trinajstić information content (AvgIpc) is 3.15. The predicted molar refractivity (Wildman–Crippen MR) is 132 cm³/mol. The number of hydrogen-bond donors (Lipinski definition) is 1. The normalized spacial score (nSPS) is 15.6. The fraction of sp³-hybridized carbons (Fsp3) is 0.0741. The number of halogens is 1. The van der Waals surface area contributed by atoms with Crippen LogP contribution in [0.15, 0.2) is 106 Å². The van der Waals surface area contributed by atoms with Crippen LogP contribution in [0, 0.1) is 5.82 Å². The maximum Gasteiger partial charge on any atom is 0.271 e. The lowest BCUT2D eigenvalue weighted by molar-refractivity contribution is -0.113. The van der Waals surface area contributed by atoms with Crippen LogP contribution in [0.25, 0.3) is 6.08 Å². The number of anilines is 1. The Kier molecular flexibility index (Phi) is 5.77. The van der Waals surface area contributed by atoms with E-state index in [9.17, 15) is 14.0 Å². The number of carbonyl (C=O) groups excluding carboxylic acids is 1. The zero-order valence-electron chi connectivity index (χ0n) is 18.2. The van der Waals surface area contributed by atoms with E-state index in [1.807, 2.05) is 60.7 Å². The van der Waals surface area contributed by atoms with Crippen LogP contribution in [0.4, 0.5) is 10.1 Å². The van der Waals surface area contributed by atoms with Gasteiger partial charge in [0, 0.05) is 5.69 Å². The van der Waals surface area contributed by atoms with Crippen LogP contribution in [0.3, 0.4) is 0 Å². The average molecular weight is 470 g/mol. The highest BCUT2D eigenvalue weighted by Crippen LogP contribution is 2.30. The van der Waals surface area contributed by atoms with E-state index in [0.29, 0.717) is 31.9 Å². The van der Waals surface area contributed by atoms with Gasteiger partial charge in [0.05, 0.1) is 21.8 Å². The lowest BCUT2D eigenvalue weighted by Gasteiger charge is -2.25. The van der Waals surface area contributed by atoms with Crippen LogP contribution in [0.2, 0.25) is 0 Å². The highest BCUT2D eigenvalue weighted by Gasteiger charge is 2.32. The third-order valence-corrected chi connectivity index (χ3v) is 6.56. The number of allylic oxidation sites excluding steroid dienone is 1. The first-order valence-electron chi connectivity index (χ1n) is 10.7. The molecule has 5 nitrogen and oxygen atoms in total. The van der Waals surface area contributed by atoms with E-state index >= 15 is 0 Å². The monoisotopic (exact) mass is 469 g/mol. The van der Waals surface area contributed by atoms with Crippen molar-refractivity contribution >= 4 is 29.0 Å². The number of benzene rings is 3. The van der Waals surface area contributed by atoms with Gasteiger partial charge in [-0.3, -0.25) is 14.2 Å². The van der Waals surface area contributed by atoms with Crippen molar-refractivity contribution < 1.29 is 9.18 Å². The number of carbonyl (C=O) groups is 1. The Bertz CT molecular complexity index is 1570. The Morgan fingerprint density at radius 3 is 2.32 bits per heavy atom. The largest absolute Gasteiger partial charge is 0.322 e.